The summed E-state index contributed by atoms with van der Waals surface area (Å²) in [5, 5.41) is 3.92. The molecular formula is C24H25F2N7S. The van der Waals surface area contributed by atoms with Crippen LogP contribution in [0.25, 0.3) is 10.3 Å². The Bertz CT molecular complexity index is 1290. The van der Waals surface area contributed by atoms with E-state index in [2.05, 4.69) is 43.2 Å². The van der Waals surface area contributed by atoms with Crippen LogP contribution in [0.5, 0.6) is 0 Å². The molecule has 1 aliphatic rings. The van der Waals surface area contributed by atoms with Crippen molar-refractivity contribution in [3.63, 3.8) is 0 Å². The predicted molar refractivity (Wildman–Crippen MR) is 132 cm³/mol. The summed E-state index contributed by atoms with van der Waals surface area (Å²) >= 11 is 1.39. The van der Waals surface area contributed by atoms with E-state index in [-0.39, 0.29) is 5.69 Å². The van der Waals surface area contributed by atoms with Gasteiger partial charge in [-0.15, -0.1) is 0 Å². The SMILES string of the molecule is CN1CCN(Cc2ccc(Nc3nc4ccc(N(C)c5ccc(F)cc5F)nc4s3)nc2)CC1. The number of nitrogens with zero attached hydrogens (tertiary/aromatic N) is 6. The summed E-state index contributed by atoms with van der Waals surface area (Å²) in [5.41, 5.74) is 2.16. The van der Waals surface area contributed by atoms with Gasteiger partial charge >= 0.3 is 0 Å². The van der Waals surface area contributed by atoms with E-state index in [0.717, 1.165) is 44.3 Å². The molecule has 3 aromatic heterocycles. The maximum Gasteiger partial charge on any atom is 0.190 e. The molecule has 0 saturated carbocycles. The molecule has 0 radical (unpaired) electrons. The summed E-state index contributed by atoms with van der Waals surface area (Å²) in [4.78, 5) is 20.8. The first-order valence-corrected chi connectivity index (χ1v) is 11.9. The van der Waals surface area contributed by atoms with Crippen molar-refractivity contribution in [3.05, 3.63) is 65.9 Å². The molecule has 0 bridgehead atoms. The van der Waals surface area contributed by atoms with Crippen LogP contribution in [0, 0.1) is 11.6 Å². The zero-order chi connectivity index (χ0) is 23.7. The smallest absolute Gasteiger partial charge is 0.190 e. The maximum atomic E-state index is 14.2. The fraction of sp³-hybridized carbons (Fsp3) is 0.292. The van der Waals surface area contributed by atoms with Crippen molar-refractivity contribution in [2.45, 2.75) is 6.54 Å². The lowest BCUT2D eigenvalue weighted by Crippen LogP contribution is -2.43. The Morgan fingerprint density at radius 3 is 2.59 bits per heavy atom. The first-order chi connectivity index (χ1) is 16.4. The summed E-state index contributed by atoms with van der Waals surface area (Å²) in [6.07, 6.45) is 1.90. The van der Waals surface area contributed by atoms with Gasteiger partial charge in [0.05, 0.1) is 5.69 Å². The van der Waals surface area contributed by atoms with Gasteiger partial charge in [-0.25, -0.2) is 23.7 Å². The number of likely N-dealkylation sites (N-methyl/N-ethyl adjacent to an activating group) is 1. The molecule has 5 rings (SSSR count). The third-order valence-corrected chi connectivity index (χ3v) is 6.80. The number of thiazole rings is 1. The molecule has 1 N–H and O–H groups in total. The van der Waals surface area contributed by atoms with Crippen LogP contribution in [0.4, 0.5) is 31.2 Å². The second kappa shape index (κ2) is 9.57. The molecule has 34 heavy (non-hydrogen) atoms. The van der Waals surface area contributed by atoms with E-state index in [0.29, 0.717) is 21.6 Å². The average Bonchev–Trinajstić information content (AvgIpc) is 3.23. The van der Waals surface area contributed by atoms with Gasteiger partial charge in [0.2, 0.25) is 0 Å². The molecule has 7 nitrogen and oxygen atoms in total. The highest BCUT2D eigenvalue weighted by Crippen LogP contribution is 2.31. The number of aromatic nitrogens is 3. The lowest BCUT2D eigenvalue weighted by Gasteiger charge is -2.32. The van der Waals surface area contributed by atoms with Crippen molar-refractivity contribution in [2.75, 3.05) is 50.5 Å². The largest absolute Gasteiger partial charge is 0.327 e. The number of hydrogen-bond acceptors (Lipinski definition) is 8. The van der Waals surface area contributed by atoms with Crippen molar-refractivity contribution < 1.29 is 8.78 Å². The molecule has 1 fully saturated rings. The Morgan fingerprint density at radius 2 is 1.85 bits per heavy atom. The van der Waals surface area contributed by atoms with Crippen LogP contribution in [-0.4, -0.2) is 65.0 Å². The summed E-state index contributed by atoms with van der Waals surface area (Å²) < 4.78 is 27.4. The zero-order valence-corrected chi connectivity index (χ0v) is 19.8. The van der Waals surface area contributed by atoms with Crippen molar-refractivity contribution in [2.24, 2.45) is 0 Å². The van der Waals surface area contributed by atoms with Crippen molar-refractivity contribution in [1.29, 1.82) is 0 Å². The molecule has 1 aromatic carbocycles. The Balaban J connectivity index is 1.27. The first-order valence-electron chi connectivity index (χ1n) is 11.0. The van der Waals surface area contributed by atoms with Crippen molar-refractivity contribution in [3.8, 4) is 0 Å². The number of rotatable bonds is 6. The molecule has 0 aliphatic carbocycles. The van der Waals surface area contributed by atoms with E-state index in [1.54, 1.807) is 18.0 Å². The van der Waals surface area contributed by atoms with E-state index in [1.807, 2.05) is 18.3 Å². The van der Waals surface area contributed by atoms with Crippen molar-refractivity contribution >= 4 is 44.1 Å². The van der Waals surface area contributed by atoms with Gasteiger partial charge in [-0.2, -0.15) is 0 Å². The number of halogens is 2. The van der Waals surface area contributed by atoms with E-state index in [1.165, 1.54) is 29.0 Å². The summed E-state index contributed by atoms with van der Waals surface area (Å²) in [6, 6.07) is 11.1. The molecule has 176 valence electrons. The van der Waals surface area contributed by atoms with E-state index in [4.69, 9.17) is 0 Å². The van der Waals surface area contributed by atoms with Gasteiger partial charge in [0.1, 0.15) is 33.6 Å². The Labute approximate surface area is 200 Å². The number of piperazine rings is 1. The molecule has 0 amide bonds. The molecule has 4 heterocycles. The van der Waals surface area contributed by atoms with Crippen LogP contribution in [0.3, 0.4) is 0 Å². The topological polar surface area (TPSA) is 60.4 Å². The molecule has 1 aliphatic heterocycles. The molecule has 0 spiro atoms. The van der Waals surface area contributed by atoms with Crippen molar-refractivity contribution in [1.82, 2.24) is 24.8 Å². The van der Waals surface area contributed by atoms with Crippen LogP contribution >= 0.6 is 11.3 Å². The monoisotopic (exact) mass is 481 g/mol. The fourth-order valence-electron chi connectivity index (χ4n) is 3.89. The number of nitrogens with one attached hydrogen (secondary N) is 1. The highest BCUT2D eigenvalue weighted by Gasteiger charge is 2.15. The number of benzene rings is 1. The van der Waals surface area contributed by atoms with E-state index < -0.39 is 11.6 Å². The Morgan fingerprint density at radius 1 is 1.03 bits per heavy atom. The summed E-state index contributed by atoms with van der Waals surface area (Å²) in [6.45, 7) is 5.22. The van der Waals surface area contributed by atoms with Gasteiger partial charge < -0.3 is 15.1 Å². The van der Waals surface area contributed by atoms with Crippen LogP contribution in [-0.2, 0) is 6.54 Å². The summed E-state index contributed by atoms with van der Waals surface area (Å²) in [7, 11) is 3.85. The lowest BCUT2D eigenvalue weighted by molar-refractivity contribution is 0.148. The standard InChI is InChI=1S/C24H25F2N7S/c1-31-9-11-33(12-10-31)15-16-3-7-21(27-14-16)29-24-28-19-5-8-22(30-23(19)34-24)32(2)20-6-4-17(25)13-18(20)26/h3-8,13-14H,9-12,15H2,1-2H3,(H,27,28,29). The van der Waals surface area contributed by atoms with Crippen LogP contribution < -0.4 is 10.2 Å². The molecule has 1 saturated heterocycles. The Hall–Kier alpha value is -3.21. The number of anilines is 4. The van der Waals surface area contributed by atoms with E-state index >= 15 is 0 Å². The van der Waals surface area contributed by atoms with E-state index in [9.17, 15) is 8.78 Å². The van der Waals surface area contributed by atoms with Gasteiger partial charge in [0.15, 0.2) is 5.13 Å². The zero-order valence-electron chi connectivity index (χ0n) is 19.0. The van der Waals surface area contributed by atoms with Gasteiger partial charge in [0, 0.05) is 52.0 Å². The molecule has 4 aromatic rings. The minimum atomic E-state index is -0.641. The highest BCUT2D eigenvalue weighted by atomic mass is 32.1. The normalized spacial score (nSPS) is 15.1. The Kier molecular flexibility index (Phi) is 6.36. The third kappa shape index (κ3) is 4.98. The number of hydrogen-bond donors (Lipinski definition) is 1. The molecule has 0 unspecified atom stereocenters. The lowest BCUT2D eigenvalue weighted by atomic mass is 10.2. The van der Waals surface area contributed by atoms with Gasteiger partial charge in [-0.1, -0.05) is 17.4 Å². The van der Waals surface area contributed by atoms with Crippen LogP contribution in [0.1, 0.15) is 5.56 Å². The molecular weight excluding hydrogens is 456 g/mol. The van der Waals surface area contributed by atoms with Crippen LogP contribution in [0.15, 0.2) is 48.7 Å². The molecule has 0 atom stereocenters. The number of pyridine rings is 2. The fourth-order valence-corrected chi connectivity index (χ4v) is 4.73. The quantitative estimate of drug-likeness (QED) is 0.431. The van der Waals surface area contributed by atoms with Gasteiger partial charge in [-0.05, 0) is 42.9 Å². The minimum Gasteiger partial charge on any atom is -0.327 e. The van der Waals surface area contributed by atoms with Crippen LogP contribution in [0.2, 0.25) is 0 Å². The predicted octanol–water partition coefficient (Wildman–Crippen LogP) is 4.62. The second-order valence-electron chi connectivity index (χ2n) is 8.42. The summed E-state index contributed by atoms with van der Waals surface area (Å²) in [5.74, 6) is 0.00177. The second-order valence-corrected chi connectivity index (χ2v) is 9.40. The highest BCUT2D eigenvalue weighted by molar-refractivity contribution is 7.21. The maximum absolute atomic E-state index is 14.2. The molecule has 10 heteroatoms. The van der Waals surface area contributed by atoms with Gasteiger partial charge in [-0.3, -0.25) is 4.90 Å². The average molecular weight is 482 g/mol. The number of fused-ring (bicyclic) bond motifs is 1. The third-order valence-electron chi connectivity index (χ3n) is 5.92. The van der Waals surface area contributed by atoms with Gasteiger partial charge in [0.25, 0.3) is 0 Å². The first kappa shape index (κ1) is 22.6. The minimum absolute atomic E-state index is 0.247.